The van der Waals surface area contributed by atoms with Crippen LogP contribution in [0, 0.1) is 13.8 Å². The number of benzene rings is 1. The van der Waals surface area contributed by atoms with Gasteiger partial charge in [-0.2, -0.15) is 0 Å². The number of aromatic nitrogens is 3. The normalized spacial score (nSPS) is 11.4. The summed E-state index contributed by atoms with van der Waals surface area (Å²) in [6.45, 7) is 3.65. The zero-order valence-corrected chi connectivity index (χ0v) is 13.3. The molecule has 1 N–H and O–H groups in total. The lowest BCUT2D eigenvalue weighted by Crippen LogP contribution is -2.24. The van der Waals surface area contributed by atoms with Crippen molar-refractivity contribution in [3.8, 4) is 0 Å². The van der Waals surface area contributed by atoms with Gasteiger partial charge in [-0.3, -0.25) is 14.2 Å². The van der Waals surface area contributed by atoms with Crippen molar-refractivity contribution >= 4 is 27.9 Å². The Morgan fingerprint density at radius 1 is 1.29 bits per heavy atom. The molecule has 0 spiro atoms. The fraction of sp³-hybridized carbons (Fsp3) is 0.167. The van der Waals surface area contributed by atoms with Crippen LogP contribution in [0.5, 0.6) is 0 Å². The molecule has 0 atom stereocenters. The van der Waals surface area contributed by atoms with Gasteiger partial charge in [0.2, 0.25) is 5.58 Å². The third kappa shape index (κ3) is 2.15. The van der Waals surface area contributed by atoms with Crippen molar-refractivity contribution in [1.29, 1.82) is 0 Å². The van der Waals surface area contributed by atoms with E-state index in [1.165, 1.54) is 10.9 Å². The molecule has 24 heavy (non-hydrogen) atoms. The second kappa shape index (κ2) is 5.19. The van der Waals surface area contributed by atoms with E-state index in [4.69, 9.17) is 4.42 Å². The largest absolute Gasteiger partial charge is 0.448 e. The molecule has 0 aliphatic carbocycles. The number of para-hydroxylation sites is 1. The van der Waals surface area contributed by atoms with Gasteiger partial charge in [0.1, 0.15) is 11.1 Å². The number of carbonyl (C=O) groups is 1. The standard InChI is InChI=1S/C18H15N3O3/c1-10-7-13(11(2)20-10)14(22)8-21-9-19-16-12-5-3-4-6-15(12)24-17(16)18(21)23/h3-7,9,20H,8H2,1-2H3. The van der Waals surface area contributed by atoms with Crippen LogP contribution in [0.2, 0.25) is 0 Å². The van der Waals surface area contributed by atoms with Crippen LogP contribution < -0.4 is 5.56 Å². The summed E-state index contributed by atoms with van der Waals surface area (Å²) in [6, 6.07) is 9.14. The number of fused-ring (bicyclic) bond motifs is 3. The summed E-state index contributed by atoms with van der Waals surface area (Å²) in [5.74, 6) is -0.142. The molecule has 0 bridgehead atoms. The molecule has 3 aromatic heterocycles. The SMILES string of the molecule is Cc1cc(C(=O)Cn2cnc3c(oc4ccccc43)c2=O)c(C)[nH]1. The van der Waals surface area contributed by atoms with Crippen molar-refractivity contribution < 1.29 is 9.21 Å². The minimum Gasteiger partial charge on any atom is -0.448 e. The molecule has 0 aliphatic rings. The van der Waals surface area contributed by atoms with E-state index in [0.29, 0.717) is 16.7 Å². The van der Waals surface area contributed by atoms with Crippen LogP contribution in [0.25, 0.3) is 22.1 Å². The van der Waals surface area contributed by atoms with E-state index in [1.54, 1.807) is 12.1 Å². The lowest BCUT2D eigenvalue weighted by atomic mass is 10.1. The average Bonchev–Trinajstić information content (AvgIpc) is 3.10. The maximum Gasteiger partial charge on any atom is 0.297 e. The molecule has 0 saturated carbocycles. The van der Waals surface area contributed by atoms with Crippen molar-refractivity contribution in [3.63, 3.8) is 0 Å². The van der Waals surface area contributed by atoms with E-state index in [9.17, 15) is 9.59 Å². The van der Waals surface area contributed by atoms with Gasteiger partial charge in [0.25, 0.3) is 5.56 Å². The molecule has 6 heteroatoms. The summed E-state index contributed by atoms with van der Waals surface area (Å²) in [6.07, 6.45) is 1.40. The molecular formula is C18H15N3O3. The third-order valence-corrected chi connectivity index (χ3v) is 4.11. The Labute approximate surface area is 136 Å². The first kappa shape index (κ1) is 14.4. The molecule has 0 fully saturated rings. The number of H-pyrrole nitrogens is 1. The topological polar surface area (TPSA) is 80.9 Å². The number of furan rings is 1. The number of Topliss-reactive ketones (excluding diaryl/α,β-unsaturated/α-hetero) is 1. The Hall–Kier alpha value is -3.15. The van der Waals surface area contributed by atoms with Gasteiger partial charge in [0.15, 0.2) is 5.78 Å². The highest BCUT2D eigenvalue weighted by Gasteiger charge is 2.17. The van der Waals surface area contributed by atoms with E-state index in [-0.39, 0.29) is 23.5 Å². The molecule has 0 amide bonds. The van der Waals surface area contributed by atoms with Crippen LogP contribution in [-0.4, -0.2) is 20.3 Å². The molecule has 4 aromatic rings. The van der Waals surface area contributed by atoms with Gasteiger partial charge in [0.05, 0.1) is 12.9 Å². The average molecular weight is 321 g/mol. The van der Waals surface area contributed by atoms with Gasteiger partial charge in [-0.05, 0) is 32.0 Å². The Bertz CT molecular complexity index is 1150. The van der Waals surface area contributed by atoms with Crippen LogP contribution in [0.1, 0.15) is 21.7 Å². The van der Waals surface area contributed by atoms with Crippen LogP contribution in [0.4, 0.5) is 0 Å². The fourth-order valence-electron chi connectivity index (χ4n) is 2.98. The monoisotopic (exact) mass is 321 g/mol. The Kier molecular flexibility index (Phi) is 3.13. The molecule has 0 aliphatic heterocycles. The zero-order chi connectivity index (χ0) is 16.8. The molecule has 6 nitrogen and oxygen atoms in total. The second-order valence-electron chi connectivity index (χ2n) is 5.87. The predicted molar refractivity (Wildman–Crippen MR) is 90.4 cm³/mol. The highest BCUT2D eigenvalue weighted by Crippen LogP contribution is 2.24. The number of aryl methyl sites for hydroxylation is 2. The summed E-state index contributed by atoms with van der Waals surface area (Å²) in [4.78, 5) is 32.5. The summed E-state index contributed by atoms with van der Waals surface area (Å²) in [5.41, 5.74) is 3.25. The van der Waals surface area contributed by atoms with E-state index in [0.717, 1.165) is 16.8 Å². The van der Waals surface area contributed by atoms with Gasteiger partial charge in [0, 0.05) is 22.3 Å². The minimum atomic E-state index is -0.352. The van der Waals surface area contributed by atoms with Crippen molar-refractivity contribution in [2.45, 2.75) is 20.4 Å². The number of nitrogens with one attached hydrogen (secondary N) is 1. The van der Waals surface area contributed by atoms with Crippen LogP contribution in [0.3, 0.4) is 0 Å². The Morgan fingerprint density at radius 3 is 2.83 bits per heavy atom. The van der Waals surface area contributed by atoms with Gasteiger partial charge in [-0.1, -0.05) is 12.1 Å². The van der Waals surface area contributed by atoms with E-state index in [2.05, 4.69) is 9.97 Å². The number of nitrogens with zero attached hydrogens (tertiary/aromatic N) is 2. The minimum absolute atomic E-state index is 0.0725. The number of rotatable bonds is 3. The number of hydrogen-bond acceptors (Lipinski definition) is 4. The number of ketones is 1. The lowest BCUT2D eigenvalue weighted by molar-refractivity contribution is 0.0970. The van der Waals surface area contributed by atoms with Crippen molar-refractivity contribution in [3.05, 3.63) is 64.0 Å². The number of hydrogen-bond donors (Lipinski definition) is 1. The van der Waals surface area contributed by atoms with Gasteiger partial charge >= 0.3 is 0 Å². The summed E-state index contributed by atoms with van der Waals surface area (Å²) in [7, 11) is 0. The summed E-state index contributed by atoms with van der Waals surface area (Å²) >= 11 is 0. The molecular weight excluding hydrogens is 306 g/mol. The first-order valence-corrected chi connectivity index (χ1v) is 7.60. The molecule has 120 valence electrons. The smallest absolute Gasteiger partial charge is 0.297 e. The molecule has 4 rings (SSSR count). The maximum absolute atomic E-state index is 12.6. The predicted octanol–water partition coefficient (Wildman–Crippen LogP) is 2.97. The van der Waals surface area contributed by atoms with E-state index in [1.807, 2.05) is 32.0 Å². The quantitative estimate of drug-likeness (QED) is 0.588. The molecule has 0 radical (unpaired) electrons. The van der Waals surface area contributed by atoms with Gasteiger partial charge < -0.3 is 9.40 Å². The molecule has 1 aromatic carbocycles. The highest BCUT2D eigenvalue weighted by atomic mass is 16.3. The third-order valence-electron chi connectivity index (χ3n) is 4.11. The first-order chi connectivity index (χ1) is 11.5. The van der Waals surface area contributed by atoms with Crippen LogP contribution >= 0.6 is 0 Å². The van der Waals surface area contributed by atoms with E-state index < -0.39 is 0 Å². The first-order valence-electron chi connectivity index (χ1n) is 7.60. The highest BCUT2D eigenvalue weighted by molar-refractivity contribution is 6.02. The van der Waals surface area contributed by atoms with Crippen molar-refractivity contribution in [2.75, 3.05) is 0 Å². The lowest BCUT2D eigenvalue weighted by Gasteiger charge is -2.03. The van der Waals surface area contributed by atoms with Crippen molar-refractivity contribution in [1.82, 2.24) is 14.5 Å². The fourth-order valence-corrected chi connectivity index (χ4v) is 2.98. The van der Waals surface area contributed by atoms with Crippen LogP contribution in [0.15, 0.2) is 45.9 Å². The van der Waals surface area contributed by atoms with Gasteiger partial charge in [-0.15, -0.1) is 0 Å². The maximum atomic E-state index is 12.6. The molecule has 3 heterocycles. The Morgan fingerprint density at radius 2 is 2.08 bits per heavy atom. The molecule has 0 saturated heterocycles. The zero-order valence-electron chi connectivity index (χ0n) is 13.3. The summed E-state index contributed by atoms with van der Waals surface area (Å²) in [5, 5.41) is 0.792. The Balaban J connectivity index is 1.79. The van der Waals surface area contributed by atoms with Gasteiger partial charge in [-0.25, -0.2) is 4.98 Å². The number of carbonyl (C=O) groups excluding carboxylic acids is 1. The molecule has 0 unspecified atom stereocenters. The van der Waals surface area contributed by atoms with Crippen LogP contribution in [-0.2, 0) is 6.54 Å². The number of aromatic amines is 1. The van der Waals surface area contributed by atoms with Crippen molar-refractivity contribution in [2.24, 2.45) is 0 Å². The summed E-state index contributed by atoms with van der Waals surface area (Å²) < 4.78 is 6.91. The second-order valence-corrected chi connectivity index (χ2v) is 5.87. The van der Waals surface area contributed by atoms with E-state index >= 15 is 0 Å².